The van der Waals surface area contributed by atoms with Gasteiger partial charge in [0.25, 0.3) is 5.91 Å². The molecule has 1 aromatic carbocycles. The summed E-state index contributed by atoms with van der Waals surface area (Å²) in [5.74, 6) is 1.61. The highest BCUT2D eigenvalue weighted by Gasteiger charge is 2.24. The molecule has 0 saturated carbocycles. The van der Waals surface area contributed by atoms with Crippen LogP contribution in [-0.2, 0) is 4.79 Å². The van der Waals surface area contributed by atoms with Crippen molar-refractivity contribution in [1.29, 1.82) is 0 Å². The molecular weight excluding hydrogens is 340 g/mol. The third kappa shape index (κ3) is 5.49. The first kappa shape index (κ1) is 19.3. The van der Waals surface area contributed by atoms with Gasteiger partial charge < -0.3 is 20.3 Å². The lowest BCUT2D eigenvalue weighted by Gasteiger charge is -2.29. The molecule has 0 spiro atoms. The third-order valence-electron chi connectivity index (χ3n) is 5.01. The maximum absolute atomic E-state index is 12.2. The van der Waals surface area contributed by atoms with Gasteiger partial charge in [0, 0.05) is 26.7 Å². The van der Waals surface area contributed by atoms with E-state index in [4.69, 9.17) is 4.74 Å². The smallest absolute Gasteiger partial charge is 0.265 e. The van der Waals surface area contributed by atoms with E-state index < -0.39 is 0 Å². The number of rotatable bonds is 7. The van der Waals surface area contributed by atoms with E-state index in [0.29, 0.717) is 6.54 Å². The average molecular weight is 370 g/mol. The molecule has 2 aliphatic rings. The van der Waals surface area contributed by atoms with Crippen LogP contribution >= 0.6 is 0 Å². The van der Waals surface area contributed by atoms with Gasteiger partial charge in [-0.1, -0.05) is 23.8 Å². The Labute approximate surface area is 161 Å². The van der Waals surface area contributed by atoms with E-state index in [1.165, 1.54) is 25.7 Å². The van der Waals surface area contributed by atoms with Crippen LogP contribution in [0.2, 0.25) is 0 Å². The highest BCUT2D eigenvalue weighted by Crippen LogP contribution is 2.31. The van der Waals surface area contributed by atoms with Crippen LogP contribution in [0.25, 0.3) is 0 Å². The number of anilines is 1. The van der Waals surface area contributed by atoms with Crippen LogP contribution in [0.4, 0.5) is 5.69 Å². The zero-order valence-corrected chi connectivity index (χ0v) is 16.2. The van der Waals surface area contributed by atoms with Crippen LogP contribution in [0, 0.1) is 0 Å². The fraction of sp³-hybridized carbons (Fsp3) is 0.524. The number of ether oxygens (including phenoxy) is 1. The maximum Gasteiger partial charge on any atom is 0.265 e. The quantitative estimate of drug-likeness (QED) is 0.335. The number of allylic oxidation sites excluding steroid dienone is 1. The van der Waals surface area contributed by atoms with Crippen molar-refractivity contribution >= 4 is 17.6 Å². The normalized spacial score (nSPS) is 17.1. The fourth-order valence-corrected chi connectivity index (χ4v) is 3.54. The molecule has 27 heavy (non-hydrogen) atoms. The molecule has 0 atom stereocenters. The summed E-state index contributed by atoms with van der Waals surface area (Å²) in [5, 5.41) is 6.71. The number of hydrogen-bond donors (Lipinski definition) is 2. The van der Waals surface area contributed by atoms with Gasteiger partial charge in [-0.3, -0.25) is 9.79 Å². The van der Waals surface area contributed by atoms with E-state index in [0.717, 1.165) is 43.3 Å². The summed E-state index contributed by atoms with van der Waals surface area (Å²) in [6.07, 6.45) is 9.43. The summed E-state index contributed by atoms with van der Waals surface area (Å²) >= 11 is 0. The van der Waals surface area contributed by atoms with Gasteiger partial charge in [-0.05, 0) is 50.7 Å². The number of carbonyl (C=O) groups is 1. The van der Waals surface area contributed by atoms with Crippen LogP contribution in [0.3, 0.4) is 0 Å². The van der Waals surface area contributed by atoms with Crippen LogP contribution < -0.4 is 20.3 Å². The van der Waals surface area contributed by atoms with Gasteiger partial charge in [-0.2, -0.15) is 0 Å². The maximum atomic E-state index is 12.2. The molecule has 1 aliphatic heterocycles. The van der Waals surface area contributed by atoms with Crippen LogP contribution in [0.5, 0.6) is 5.75 Å². The third-order valence-corrected chi connectivity index (χ3v) is 5.01. The van der Waals surface area contributed by atoms with Crippen molar-refractivity contribution in [2.24, 2.45) is 4.99 Å². The molecule has 1 amide bonds. The minimum absolute atomic E-state index is 0.0111. The van der Waals surface area contributed by atoms with Gasteiger partial charge in [0.2, 0.25) is 0 Å². The first-order valence-corrected chi connectivity index (χ1v) is 9.92. The zero-order chi connectivity index (χ0) is 18.9. The molecule has 1 aromatic rings. The fourth-order valence-electron chi connectivity index (χ4n) is 3.54. The zero-order valence-electron chi connectivity index (χ0n) is 16.2. The first-order chi connectivity index (χ1) is 13.3. The number of amides is 1. The van der Waals surface area contributed by atoms with Crippen molar-refractivity contribution in [1.82, 2.24) is 10.6 Å². The topological polar surface area (TPSA) is 66.0 Å². The Morgan fingerprint density at radius 3 is 2.89 bits per heavy atom. The Kier molecular flexibility index (Phi) is 7.13. The monoisotopic (exact) mass is 370 g/mol. The molecule has 146 valence electrons. The second-order valence-electron chi connectivity index (χ2n) is 6.94. The van der Waals surface area contributed by atoms with Crippen molar-refractivity contribution in [2.45, 2.75) is 38.5 Å². The van der Waals surface area contributed by atoms with E-state index in [1.54, 1.807) is 12.6 Å². The van der Waals surface area contributed by atoms with E-state index in [9.17, 15) is 4.79 Å². The molecule has 0 saturated heterocycles. The lowest BCUT2D eigenvalue weighted by Crippen LogP contribution is -2.42. The Morgan fingerprint density at radius 1 is 1.22 bits per heavy atom. The number of guanidine groups is 1. The number of carbonyl (C=O) groups excluding carboxylic acids is 1. The average Bonchev–Trinajstić information content (AvgIpc) is 2.72. The molecule has 0 fully saturated rings. The molecule has 0 bridgehead atoms. The second kappa shape index (κ2) is 10.00. The van der Waals surface area contributed by atoms with Gasteiger partial charge >= 0.3 is 0 Å². The Morgan fingerprint density at radius 2 is 2.07 bits per heavy atom. The molecule has 0 aromatic heterocycles. The summed E-state index contributed by atoms with van der Waals surface area (Å²) in [4.78, 5) is 18.3. The van der Waals surface area contributed by atoms with E-state index in [1.807, 2.05) is 29.2 Å². The van der Waals surface area contributed by atoms with E-state index in [-0.39, 0.29) is 12.5 Å². The molecule has 6 nitrogen and oxygen atoms in total. The van der Waals surface area contributed by atoms with Gasteiger partial charge in [0.05, 0.1) is 5.69 Å². The number of para-hydroxylation sites is 2. The van der Waals surface area contributed by atoms with Crippen molar-refractivity contribution < 1.29 is 9.53 Å². The Balaban J connectivity index is 1.38. The summed E-state index contributed by atoms with van der Waals surface area (Å²) in [6.45, 7) is 2.44. The van der Waals surface area contributed by atoms with Crippen LogP contribution in [-0.4, -0.2) is 45.2 Å². The van der Waals surface area contributed by atoms with Crippen molar-refractivity contribution in [3.05, 3.63) is 35.9 Å². The van der Waals surface area contributed by atoms with E-state index >= 15 is 0 Å². The second-order valence-corrected chi connectivity index (χ2v) is 6.94. The molecule has 0 radical (unpaired) electrons. The number of aliphatic imine (C=N–C) groups is 1. The highest BCUT2D eigenvalue weighted by molar-refractivity contribution is 5.97. The molecule has 6 heteroatoms. The lowest BCUT2D eigenvalue weighted by molar-refractivity contribution is -0.121. The van der Waals surface area contributed by atoms with Crippen molar-refractivity contribution in [3.63, 3.8) is 0 Å². The molecule has 3 rings (SSSR count). The van der Waals surface area contributed by atoms with E-state index in [2.05, 4.69) is 21.7 Å². The number of hydrogen-bond acceptors (Lipinski definition) is 3. The Bertz CT molecular complexity index is 699. The molecule has 1 aliphatic carbocycles. The highest BCUT2D eigenvalue weighted by atomic mass is 16.5. The van der Waals surface area contributed by atoms with Crippen LogP contribution in [0.1, 0.15) is 38.5 Å². The lowest BCUT2D eigenvalue weighted by atomic mass is 9.97. The minimum Gasteiger partial charge on any atom is -0.482 e. The van der Waals surface area contributed by atoms with Gasteiger partial charge in [-0.25, -0.2) is 0 Å². The molecule has 2 N–H and O–H groups in total. The van der Waals surface area contributed by atoms with Gasteiger partial charge in [0.1, 0.15) is 5.75 Å². The molecule has 0 unspecified atom stereocenters. The summed E-state index contributed by atoms with van der Waals surface area (Å²) in [7, 11) is 1.79. The number of nitrogens with zero attached hydrogens (tertiary/aromatic N) is 2. The van der Waals surface area contributed by atoms with Gasteiger partial charge in [-0.15, -0.1) is 0 Å². The van der Waals surface area contributed by atoms with Crippen molar-refractivity contribution in [3.8, 4) is 5.75 Å². The molecule has 1 heterocycles. The van der Waals surface area contributed by atoms with Gasteiger partial charge in [0.15, 0.2) is 12.6 Å². The number of fused-ring (bicyclic) bond motifs is 1. The summed E-state index contributed by atoms with van der Waals surface area (Å²) < 4.78 is 5.48. The standard InChI is InChI=1S/C21H30N4O2/c1-22-21(24-14-12-17-8-3-2-4-9-17)23-13-7-15-25-18-10-5-6-11-19(18)27-16-20(25)26/h5-6,8,10-11H,2-4,7,9,12-16H2,1H3,(H2,22,23,24). The summed E-state index contributed by atoms with van der Waals surface area (Å²) in [6, 6.07) is 7.69. The number of nitrogens with one attached hydrogen (secondary N) is 2. The SMILES string of the molecule is CN=C(NCCCN1C(=O)COc2ccccc21)NCCC1=CCCCC1. The van der Waals surface area contributed by atoms with Crippen molar-refractivity contribution in [2.75, 3.05) is 38.2 Å². The molecular formula is C21H30N4O2. The largest absolute Gasteiger partial charge is 0.482 e. The van der Waals surface area contributed by atoms with Crippen LogP contribution in [0.15, 0.2) is 40.9 Å². The number of benzene rings is 1. The summed E-state index contributed by atoms with van der Waals surface area (Å²) in [5.41, 5.74) is 2.42. The Hall–Kier alpha value is -2.50. The first-order valence-electron chi connectivity index (χ1n) is 9.92. The minimum atomic E-state index is 0.0111. The predicted molar refractivity (Wildman–Crippen MR) is 109 cm³/mol. The predicted octanol–water partition coefficient (Wildman–Crippen LogP) is 2.86.